The molecule has 0 aromatic heterocycles. The van der Waals surface area contributed by atoms with Crippen LogP contribution in [0, 0.1) is 0 Å². The van der Waals surface area contributed by atoms with Gasteiger partial charge in [-0.2, -0.15) is 0 Å². The van der Waals surface area contributed by atoms with E-state index in [1.54, 1.807) is 73.8 Å². The molecule has 3 aromatic carbocycles. The van der Waals surface area contributed by atoms with Crippen LogP contribution in [0.25, 0.3) is 0 Å². The van der Waals surface area contributed by atoms with Crippen LogP contribution < -0.4 is 19.5 Å². The van der Waals surface area contributed by atoms with E-state index in [0.717, 1.165) is 5.75 Å². The van der Waals surface area contributed by atoms with Crippen molar-refractivity contribution in [1.82, 2.24) is 5.32 Å². The second-order valence-electron chi connectivity index (χ2n) is 6.86. The first-order chi connectivity index (χ1) is 14.9. The number of ether oxygens (including phenoxy) is 2. The van der Waals surface area contributed by atoms with Crippen molar-refractivity contribution in [2.75, 3.05) is 18.4 Å². The molecule has 1 amide bonds. The van der Waals surface area contributed by atoms with Crippen LogP contribution >= 0.6 is 0 Å². The molecule has 0 fully saturated rings. The highest BCUT2D eigenvalue weighted by Gasteiger charge is 2.15. The van der Waals surface area contributed by atoms with Crippen molar-refractivity contribution in [1.29, 1.82) is 0 Å². The van der Waals surface area contributed by atoms with Crippen molar-refractivity contribution in [2.24, 2.45) is 0 Å². The van der Waals surface area contributed by atoms with E-state index in [4.69, 9.17) is 9.47 Å². The zero-order chi connectivity index (χ0) is 22.3. The van der Waals surface area contributed by atoms with Gasteiger partial charge >= 0.3 is 0 Å². The molecule has 7 nitrogen and oxygen atoms in total. The zero-order valence-corrected chi connectivity index (χ0v) is 18.1. The third kappa shape index (κ3) is 6.23. The number of sulfonamides is 1. The predicted molar refractivity (Wildman–Crippen MR) is 119 cm³/mol. The van der Waals surface area contributed by atoms with E-state index in [2.05, 4.69) is 10.0 Å². The number of carbonyl (C=O) groups is 1. The topological polar surface area (TPSA) is 93.7 Å². The van der Waals surface area contributed by atoms with E-state index < -0.39 is 10.0 Å². The third-order valence-corrected chi connectivity index (χ3v) is 5.79. The molecule has 0 bridgehead atoms. The maximum Gasteiger partial charge on any atom is 0.261 e. The number of rotatable bonds is 9. The van der Waals surface area contributed by atoms with E-state index in [1.165, 1.54) is 12.1 Å². The van der Waals surface area contributed by atoms with Crippen molar-refractivity contribution < 1.29 is 22.7 Å². The van der Waals surface area contributed by atoms with E-state index in [-0.39, 0.29) is 16.8 Å². The minimum Gasteiger partial charge on any atom is -0.497 e. The molecule has 2 N–H and O–H groups in total. The Kier molecular flexibility index (Phi) is 7.15. The van der Waals surface area contributed by atoms with Gasteiger partial charge in [-0.1, -0.05) is 18.2 Å². The molecule has 0 unspecified atom stereocenters. The molecule has 3 rings (SSSR count). The average molecular weight is 441 g/mol. The molecule has 0 saturated carbocycles. The molecule has 31 heavy (non-hydrogen) atoms. The van der Waals surface area contributed by atoms with Crippen LogP contribution in [-0.4, -0.2) is 34.1 Å². The lowest BCUT2D eigenvalue weighted by molar-refractivity contribution is 0.0926. The molecule has 1 atom stereocenters. The highest BCUT2D eigenvalue weighted by atomic mass is 32.2. The number of hydrogen-bond acceptors (Lipinski definition) is 5. The number of methoxy groups -OCH3 is 1. The largest absolute Gasteiger partial charge is 0.497 e. The highest BCUT2D eigenvalue weighted by molar-refractivity contribution is 7.92. The first kappa shape index (κ1) is 22.2. The summed E-state index contributed by atoms with van der Waals surface area (Å²) in [6.07, 6.45) is 0. The van der Waals surface area contributed by atoms with Crippen molar-refractivity contribution >= 4 is 21.6 Å². The summed E-state index contributed by atoms with van der Waals surface area (Å²) in [6, 6.07) is 21.3. The van der Waals surface area contributed by atoms with Crippen LogP contribution in [-0.2, 0) is 10.0 Å². The second-order valence-corrected chi connectivity index (χ2v) is 8.54. The van der Waals surface area contributed by atoms with Crippen molar-refractivity contribution in [2.45, 2.75) is 17.9 Å². The van der Waals surface area contributed by atoms with Gasteiger partial charge < -0.3 is 14.8 Å². The Morgan fingerprint density at radius 2 is 1.52 bits per heavy atom. The van der Waals surface area contributed by atoms with Gasteiger partial charge in [0, 0.05) is 11.3 Å². The highest BCUT2D eigenvalue weighted by Crippen LogP contribution is 2.18. The molecule has 0 saturated heterocycles. The molecule has 0 aliphatic carbocycles. The fourth-order valence-corrected chi connectivity index (χ4v) is 3.83. The molecular weight excluding hydrogens is 416 g/mol. The summed E-state index contributed by atoms with van der Waals surface area (Å²) in [4.78, 5) is 12.6. The van der Waals surface area contributed by atoms with Gasteiger partial charge in [-0.3, -0.25) is 9.52 Å². The maximum atomic E-state index is 12.4. The van der Waals surface area contributed by atoms with Gasteiger partial charge in [0.2, 0.25) is 0 Å². The standard InChI is InChI=1S/C23H24N2O5S/c1-17(16-30-21-14-12-20(29-2)13-15-21)24-23(26)18-8-10-19(11-9-18)25-31(27,28)22-6-4-3-5-7-22/h3-15,17,25H,16H2,1-2H3,(H,24,26)/t17-/m0/s1. The molecule has 0 heterocycles. The van der Waals surface area contributed by atoms with Gasteiger partial charge in [0.15, 0.2) is 0 Å². The number of hydrogen-bond donors (Lipinski definition) is 2. The minimum absolute atomic E-state index is 0.169. The SMILES string of the molecule is COc1ccc(OC[C@H](C)NC(=O)c2ccc(NS(=O)(=O)c3ccccc3)cc2)cc1. The predicted octanol–water partition coefficient (Wildman–Crippen LogP) is 3.69. The lowest BCUT2D eigenvalue weighted by Gasteiger charge is -2.15. The number of nitrogens with one attached hydrogen (secondary N) is 2. The summed E-state index contributed by atoms with van der Waals surface area (Å²) in [5, 5.41) is 2.86. The van der Waals surface area contributed by atoms with Crippen LogP contribution in [0.3, 0.4) is 0 Å². The fraction of sp³-hybridized carbons (Fsp3) is 0.174. The molecule has 0 spiro atoms. The average Bonchev–Trinajstić information content (AvgIpc) is 2.79. The Morgan fingerprint density at radius 3 is 2.13 bits per heavy atom. The smallest absolute Gasteiger partial charge is 0.261 e. The summed E-state index contributed by atoms with van der Waals surface area (Å²) in [7, 11) is -2.08. The first-order valence-electron chi connectivity index (χ1n) is 9.63. The minimum atomic E-state index is -3.68. The van der Waals surface area contributed by atoms with Crippen LogP contribution in [0.1, 0.15) is 17.3 Å². The summed E-state index contributed by atoms with van der Waals surface area (Å²) in [5.41, 5.74) is 0.787. The monoisotopic (exact) mass is 440 g/mol. The van der Waals surface area contributed by atoms with Crippen LogP contribution in [0.15, 0.2) is 83.8 Å². The van der Waals surface area contributed by atoms with Crippen molar-refractivity contribution in [3.8, 4) is 11.5 Å². The Labute approximate surface area is 182 Å². The number of anilines is 1. The fourth-order valence-electron chi connectivity index (χ4n) is 2.75. The summed E-state index contributed by atoms with van der Waals surface area (Å²) in [6.45, 7) is 2.14. The third-order valence-electron chi connectivity index (χ3n) is 4.39. The first-order valence-corrected chi connectivity index (χ1v) is 11.1. The Hall–Kier alpha value is -3.52. The maximum absolute atomic E-state index is 12.4. The van der Waals surface area contributed by atoms with E-state index in [0.29, 0.717) is 23.6 Å². The number of carbonyl (C=O) groups excluding carboxylic acids is 1. The summed E-state index contributed by atoms with van der Waals surface area (Å²) in [5.74, 6) is 1.14. The lowest BCUT2D eigenvalue weighted by atomic mass is 10.2. The van der Waals surface area contributed by atoms with Crippen molar-refractivity contribution in [3.05, 3.63) is 84.4 Å². The van der Waals surface area contributed by atoms with Gasteiger partial charge in [-0.15, -0.1) is 0 Å². The van der Waals surface area contributed by atoms with E-state index in [9.17, 15) is 13.2 Å². The van der Waals surface area contributed by atoms with E-state index >= 15 is 0 Å². The van der Waals surface area contributed by atoms with Gasteiger partial charge in [-0.05, 0) is 67.6 Å². The zero-order valence-electron chi connectivity index (χ0n) is 17.2. The Morgan fingerprint density at radius 1 is 0.903 bits per heavy atom. The van der Waals surface area contributed by atoms with Crippen LogP contribution in [0.5, 0.6) is 11.5 Å². The second kappa shape index (κ2) is 9.99. The van der Waals surface area contributed by atoms with Gasteiger partial charge in [0.05, 0.1) is 18.0 Å². The van der Waals surface area contributed by atoms with Crippen LogP contribution in [0.2, 0.25) is 0 Å². The summed E-state index contributed by atoms with van der Waals surface area (Å²) < 4.78 is 38.0. The molecule has 0 radical (unpaired) electrons. The molecule has 3 aromatic rings. The molecule has 8 heteroatoms. The molecular formula is C23H24N2O5S. The Balaban J connectivity index is 1.53. The van der Waals surface area contributed by atoms with E-state index in [1.807, 2.05) is 6.92 Å². The van der Waals surface area contributed by atoms with Gasteiger partial charge in [-0.25, -0.2) is 8.42 Å². The number of benzene rings is 3. The normalized spacial score (nSPS) is 11.9. The Bertz CT molecular complexity index is 1100. The van der Waals surface area contributed by atoms with Crippen molar-refractivity contribution in [3.63, 3.8) is 0 Å². The molecule has 162 valence electrons. The van der Waals surface area contributed by atoms with Gasteiger partial charge in [0.1, 0.15) is 18.1 Å². The molecule has 0 aliphatic rings. The lowest BCUT2D eigenvalue weighted by Crippen LogP contribution is -2.36. The van der Waals surface area contributed by atoms with Crippen LogP contribution in [0.4, 0.5) is 5.69 Å². The quantitative estimate of drug-likeness (QED) is 0.529. The van der Waals surface area contributed by atoms with Gasteiger partial charge in [0.25, 0.3) is 15.9 Å². The summed E-state index contributed by atoms with van der Waals surface area (Å²) >= 11 is 0. The molecule has 0 aliphatic heterocycles. The number of amides is 1.